The molecular weight excluding hydrogens is 211 g/mol. The number of hydrogen-bond donors (Lipinski definition) is 2. The third-order valence-corrected chi connectivity index (χ3v) is 2.10. The molecule has 0 aliphatic heterocycles. The summed E-state index contributed by atoms with van der Waals surface area (Å²) in [7, 11) is 1.36. The van der Waals surface area contributed by atoms with Crippen LogP contribution in [0.4, 0.5) is 0 Å². The summed E-state index contributed by atoms with van der Waals surface area (Å²) >= 11 is 0. The maximum atomic E-state index is 9.19. The van der Waals surface area contributed by atoms with E-state index in [1.165, 1.54) is 20.3 Å². The Labute approximate surface area is 94.7 Å². The predicted molar refractivity (Wildman–Crippen MR) is 60.5 cm³/mol. The summed E-state index contributed by atoms with van der Waals surface area (Å²) in [5.74, 6) is 1.13. The van der Waals surface area contributed by atoms with Crippen LogP contribution >= 0.6 is 0 Å². The molecule has 0 unspecified atom stereocenters. The molecule has 0 saturated carbocycles. The second kappa shape index (κ2) is 5.62. The molecule has 6 heteroatoms. The van der Waals surface area contributed by atoms with Gasteiger partial charge in [0.05, 0.1) is 20.8 Å². The molecule has 0 amide bonds. The average molecular weight is 226 g/mol. The average Bonchev–Trinajstić information content (AvgIpc) is 2.28. The molecule has 16 heavy (non-hydrogen) atoms. The van der Waals surface area contributed by atoms with Gasteiger partial charge in [-0.15, -0.1) is 0 Å². The van der Waals surface area contributed by atoms with Crippen LogP contribution in [0.25, 0.3) is 0 Å². The zero-order valence-electron chi connectivity index (χ0n) is 9.56. The second-order valence-corrected chi connectivity index (χ2v) is 3.03. The van der Waals surface area contributed by atoms with E-state index in [4.69, 9.17) is 14.2 Å². The number of ether oxygens (including phenoxy) is 3. The van der Waals surface area contributed by atoms with E-state index in [9.17, 15) is 10.0 Å². The summed E-state index contributed by atoms with van der Waals surface area (Å²) in [6.45, 7) is 2.19. The van der Waals surface area contributed by atoms with Gasteiger partial charge in [-0.2, -0.15) is 0 Å². The van der Waals surface area contributed by atoms with Gasteiger partial charge in [0.1, 0.15) is 0 Å². The quantitative estimate of drug-likeness (QED) is 0.679. The maximum absolute atomic E-state index is 9.19. The number of benzene rings is 1. The highest BCUT2D eigenvalue weighted by atomic mass is 16.5. The van der Waals surface area contributed by atoms with Gasteiger partial charge in [0, 0.05) is 5.46 Å². The van der Waals surface area contributed by atoms with E-state index in [0.29, 0.717) is 23.9 Å². The van der Waals surface area contributed by atoms with Crippen LogP contribution in [0.15, 0.2) is 12.1 Å². The molecule has 0 radical (unpaired) electrons. The van der Waals surface area contributed by atoms with E-state index in [-0.39, 0.29) is 5.46 Å². The maximum Gasteiger partial charge on any atom is 0.492 e. The smallest absolute Gasteiger partial charge is 0.492 e. The van der Waals surface area contributed by atoms with E-state index >= 15 is 0 Å². The fourth-order valence-corrected chi connectivity index (χ4v) is 1.41. The Morgan fingerprint density at radius 2 is 1.81 bits per heavy atom. The molecular formula is C10H15BO5. The van der Waals surface area contributed by atoms with Crippen molar-refractivity contribution in [1.29, 1.82) is 0 Å². The van der Waals surface area contributed by atoms with Crippen molar-refractivity contribution in [3.8, 4) is 17.2 Å². The van der Waals surface area contributed by atoms with Gasteiger partial charge in [-0.1, -0.05) is 6.07 Å². The highest BCUT2D eigenvalue weighted by Crippen LogP contribution is 2.35. The van der Waals surface area contributed by atoms with E-state index in [1.807, 2.05) is 0 Å². The van der Waals surface area contributed by atoms with Crippen molar-refractivity contribution >= 4 is 12.6 Å². The van der Waals surface area contributed by atoms with Crippen LogP contribution in [0.5, 0.6) is 17.2 Å². The van der Waals surface area contributed by atoms with Crippen molar-refractivity contribution < 1.29 is 24.3 Å². The van der Waals surface area contributed by atoms with Gasteiger partial charge in [-0.3, -0.25) is 0 Å². The molecule has 0 spiro atoms. The molecule has 0 bridgehead atoms. The largest absolute Gasteiger partial charge is 0.493 e. The number of rotatable bonds is 5. The number of hydrogen-bond acceptors (Lipinski definition) is 5. The first-order chi connectivity index (χ1) is 7.65. The lowest BCUT2D eigenvalue weighted by Crippen LogP contribution is -2.31. The third kappa shape index (κ3) is 2.40. The van der Waals surface area contributed by atoms with Gasteiger partial charge >= 0.3 is 7.12 Å². The van der Waals surface area contributed by atoms with Gasteiger partial charge in [0.15, 0.2) is 11.5 Å². The third-order valence-electron chi connectivity index (χ3n) is 2.10. The first kappa shape index (κ1) is 12.7. The molecule has 0 saturated heterocycles. The Kier molecular flexibility index (Phi) is 4.45. The summed E-state index contributed by atoms with van der Waals surface area (Å²) in [6, 6.07) is 3.12. The molecule has 0 fully saturated rings. The molecule has 5 nitrogen and oxygen atoms in total. The summed E-state index contributed by atoms with van der Waals surface area (Å²) in [6.07, 6.45) is 0. The predicted octanol–water partition coefficient (Wildman–Crippen LogP) is -0.218. The fraction of sp³-hybridized carbons (Fsp3) is 0.400. The van der Waals surface area contributed by atoms with E-state index in [1.54, 1.807) is 13.0 Å². The first-order valence-electron chi connectivity index (χ1n) is 4.89. The van der Waals surface area contributed by atoms with Gasteiger partial charge < -0.3 is 24.3 Å². The minimum Gasteiger partial charge on any atom is -0.493 e. The van der Waals surface area contributed by atoms with Crippen LogP contribution in [0.2, 0.25) is 0 Å². The van der Waals surface area contributed by atoms with Gasteiger partial charge in [0.25, 0.3) is 0 Å². The SMILES string of the molecule is CCOc1c(B(O)O)ccc(OC)c1OC. The molecule has 0 aromatic heterocycles. The highest BCUT2D eigenvalue weighted by molar-refractivity contribution is 6.59. The number of methoxy groups -OCH3 is 2. The minimum absolute atomic E-state index is 0.250. The normalized spacial score (nSPS) is 9.81. The molecule has 0 aliphatic rings. The van der Waals surface area contributed by atoms with Crippen molar-refractivity contribution in [2.75, 3.05) is 20.8 Å². The Hall–Kier alpha value is -1.40. The monoisotopic (exact) mass is 226 g/mol. The van der Waals surface area contributed by atoms with Crippen LogP contribution in [0, 0.1) is 0 Å². The molecule has 0 heterocycles. The van der Waals surface area contributed by atoms with Crippen LogP contribution in [0.3, 0.4) is 0 Å². The zero-order valence-corrected chi connectivity index (χ0v) is 9.56. The molecule has 0 aliphatic carbocycles. The lowest BCUT2D eigenvalue weighted by Gasteiger charge is -2.16. The van der Waals surface area contributed by atoms with Crippen LogP contribution in [-0.2, 0) is 0 Å². The van der Waals surface area contributed by atoms with Crippen LogP contribution in [-0.4, -0.2) is 38.0 Å². The molecule has 88 valence electrons. The molecule has 2 N–H and O–H groups in total. The van der Waals surface area contributed by atoms with Crippen molar-refractivity contribution in [2.24, 2.45) is 0 Å². The van der Waals surface area contributed by atoms with Gasteiger partial charge in [-0.05, 0) is 13.0 Å². The summed E-state index contributed by atoms with van der Waals surface area (Å²) in [5.41, 5.74) is 0.250. The summed E-state index contributed by atoms with van der Waals surface area (Å²) < 4.78 is 15.6. The van der Waals surface area contributed by atoms with Crippen LogP contribution < -0.4 is 19.7 Å². The molecule has 1 aromatic carbocycles. The molecule has 0 atom stereocenters. The van der Waals surface area contributed by atoms with Crippen molar-refractivity contribution in [3.05, 3.63) is 12.1 Å². The van der Waals surface area contributed by atoms with E-state index < -0.39 is 7.12 Å². The van der Waals surface area contributed by atoms with Gasteiger partial charge in [0.2, 0.25) is 5.75 Å². The summed E-state index contributed by atoms with van der Waals surface area (Å²) in [5, 5.41) is 18.4. The topological polar surface area (TPSA) is 68.2 Å². The minimum atomic E-state index is -1.61. The zero-order chi connectivity index (χ0) is 12.1. The first-order valence-corrected chi connectivity index (χ1v) is 4.89. The standard InChI is InChI=1S/C10H15BO5/c1-4-16-9-7(11(12)13)5-6-8(14-2)10(9)15-3/h5-6,12-13H,4H2,1-3H3. The summed E-state index contributed by atoms with van der Waals surface area (Å²) in [4.78, 5) is 0. The van der Waals surface area contributed by atoms with Gasteiger partial charge in [-0.25, -0.2) is 0 Å². The van der Waals surface area contributed by atoms with Crippen molar-refractivity contribution in [3.63, 3.8) is 0 Å². The second-order valence-electron chi connectivity index (χ2n) is 3.03. The lowest BCUT2D eigenvalue weighted by atomic mass is 9.79. The van der Waals surface area contributed by atoms with Crippen molar-refractivity contribution in [2.45, 2.75) is 6.92 Å². The Morgan fingerprint density at radius 1 is 1.12 bits per heavy atom. The fourth-order valence-electron chi connectivity index (χ4n) is 1.41. The van der Waals surface area contributed by atoms with Crippen LogP contribution in [0.1, 0.15) is 6.92 Å². The van der Waals surface area contributed by atoms with E-state index in [0.717, 1.165) is 0 Å². The van der Waals surface area contributed by atoms with Crippen molar-refractivity contribution in [1.82, 2.24) is 0 Å². The Bertz CT molecular complexity index is 353. The lowest BCUT2D eigenvalue weighted by molar-refractivity contribution is 0.297. The molecule has 1 rings (SSSR count). The van der Waals surface area contributed by atoms with E-state index in [2.05, 4.69) is 0 Å². The molecule has 1 aromatic rings. The highest BCUT2D eigenvalue weighted by Gasteiger charge is 2.23. The Balaban J connectivity index is 3.31. The Morgan fingerprint density at radius 3 is 2.25 bits per heavy atom.